The average molecular weight is 354 g/mol. The lowest BCUT2D eigenvalue weighted by Gasteiger charge is -2.49. The molecule has 1 aromatic heterocycles. The van der Waals surface area contributed by atoms with Gasteiger partial charge in [0.25, 0.3) is 5.91 Å². The highest BCUT2D eigenvalue weighted by Gasteiger charge is 2.55. The van der Waals surface area contributed by atoms with E-state index in [9.17, 15) is 29.7 Å². The van der Waals surface area contributed by atoms with E-state index >= 15 is 0 Å². The zero-order valence-electron chi connectivity index (χ0n) is 12.5. The number of carboxylic acids is 1. The van der Waals surface area contributed by atoms with Crippen LogP contribution in [0.4, 0.5) is 0 Å². The Morgan fingerprint density at radius 3 is 2.50 bits per heavy atom. The van der Waals surface area contributed by atoms with Gasteiger partial charge in [0.05, 0.1) is 0 Å². The first-order valence-electron chi connectivity index (χ1n) is 6.95. The van der Waals surface area contributed by atoms with Gasteiger partial charge in [-0.2, -0.15) is 0 Å². The number of fused-ring (bicyclic) bond motifs is 1. The molecular formula is C14H14N2O7S. The SMILES string of the molecule is CC(=O)OCC1=C(C(=O)O)N2C(=O)[C@@H](n3c(O)ccc3O)[C@H]2SC1. The largest absolute Gasteiger partial charge is 0.494 e. The van der Waals surface area contributed by atoms with Gasteiger partial charge in [-0.15, -0.1) is 11.8 Å². The van der Waals surface area contributed by atoms with Crippen molar-refractivity contribution in [1.82, 2.24) is 9.47 Å². The molecular weight excluding hydrogens is 340 g/mol. The number of hydrogen-bond acceptors (Lipinski definition) is 7. The van der Waals surface area contributed by atoms with Crippen molar-refractivity contribution >= 4 is 29.6 Å². The van der Waals surface area contributed by atoms with E-state index < -0.39 is 29.3 Å². The van der Waals surface area contributed by atoms with Crippen LogP contribution in [0.5, 0.6) is 11.8 Å². The maximum atomic E-state index is 12.5. The number of esters is 1. The van der Waals surface area contributed by atoms with Crippen molar-refractivity contribution in [3.63, 3.8) is 0 Å². The van der Waals surface area contributed by atoms with E-state index in [-0.39, 0.29) is 29.8 Å². The molecule has 2 aliphatic rings. The van der Waals surface area contributed by atoms with E-state index in [0.29, 0.717) is 5.57 Å². The van der Waals surface area contributed by atoms with E-state index in [1.165, 1.54) is 30.8 Å². The Balaban J connectivity index is 1.92. The minimum absolute atomic E-state index is 0.203. The first kappa shape index (κ1) is 16.2. The summed E-state index contributed by atoms with van der Waals surface area (Å²) in [5, 5.41) is 28.4. The van der Waals surface area contributed by atoms with Crippen LogP contribution in [0.1, 0.15) is 13.0 Å². The highest BCUT2D eigenvalue weighted by atomic mass is 32.2. The van der Waals surface area contributed by atoms with Crippen LogP contribution in [0.15, 0.2) is 23.4 Å². The molecule has 0 saturated carbocycles. The summed E-state index contributed by atoms with van der Waals surface area (Å²) in [6.07, 6.45) is 0. The van der Waals surface area contributed by atoms with Crippen molar-refractivity contribution in [2.45, 2.75) is 18.3 Å². The number of carbonyl (C=O) groups is 3. The van der Waals surface area contributed by atoms with Crippen LogP contribution >= 0.6 is 11.8 Å². The molecule has 0 bridgehead atoms. The summed E-state index contributed by atoms with van der Waals surface area (Å²) in [6.45, 7) is 1.01. The number of amides is 1. The van der Waals surface area contributed by atoms with Gasteiger partial charge in [-0.1, -0.05) is 0 Å². The van der Waals surface area contributed by atoms with E-state index in [0.717, 1.165) is 9.47 Å². The van der Waals surface area contributed by atoms with Crippen molar-refractivity contribution in [3.05, 3.63) is 23.4 Å². The fraction of sp³-hybridized carbons (Fsp3) is 0.357. The van der Waals surface area contributed by atoms with Gasteiger partial charge in [0.2, 0.25) is 0 Å². The van der Waals surface area contributed by atoms with Crippen LogP contribution in [0.2, 0.25) is 0 Å². The standard InChI is InChI=1S/C14H14N2O7S/c1-6(17)23-4-7-5-24-13-11(15-8(18)2-3-9(15)19)12(20)16(13)10(7)14(21)22/h2-3,11,13,18-19H,4-5H2,1H3,(H,21,22)/t11-,13-/m1/s1. The molecule has 1 amide bonds. The van der Waals surface area contributed by atoms with Crippen LogP contribution in [0.25, 0.3) is 0 Å². The van der Waals surface area contributed by atoms with Crippen LogP contribution < -0.4 is 0 Å². The second-order valence-corrected chi connectivity index (χ2v) is 6.42. The summed E-state index contributed by atoms with van der Waals surface area (Å²) in [5.41, 5.74) is 0.110. The Labute approximate surface area is 140 Å². The number of nitrogens with zero attached hydrogens (tertiary/aromatic N) is 2. The Bertz CT molecular complexity index is 750. The number of β-lactam (4-membered cyclic amide) rings is 1. The van der Waals surface area contributed by atoms with Gasteiger partial charge in [0.15, 0.2) is 11.8 Å². The topological polar surface area (TPSA) is 129 Å². The Morgan fingerprint density at radius 1 is 1.33 bits per heavy atom. The number of aromatic nitrogens is 1. The van der Waals surface area contributed by atoms with Crippen LogP contribution in [0.3, 0.4) is 0 Å². The highest BCUT2D eigenvalue weighted by molar-refractivity contribution is 8.00. The molecule has 128 valence electrons. The molecule has 1 saturated heterocycles. The van der Waals surface area contributed by atoms with Gasteiger partial charge >= 0.3 is 11.9 Å². The van der Waals surface area contributed by atoms with Crippen LogP contribution in [0, 0.1) is 0 Å². The maximum Gasteiger partial charge on any atom is 0.352 e. The molecule has 2 atom stereocenters. The summed E-state index contributed by atoms with van der Waals surface area (Å²) >= 11 is 1.27. The third kappa shape index (κ3) is 2.39. The number of hydrogen-bond donors (Lipinski definition) is 3. The van der Waals surface area contributed by atoms with Crippen molar-refractivity contribution in [1.29, 1.82) is 0 Å². The molecule has 0 aliphatic carbocycles. The number of thioether (sulfide) groups is 1. The summed E-state index contributed by atoms with van der Waals surface area (Å²) in [4.78, 5) is 36.1. The second kappa shape index (κ2) is 5.78. The van der Waals surface area contributed by atoms with Crippen molar-refractivity contribution in [2.75, 3.05) is 12.4 Å². The van der Waals surface area contributed by atoms with Crippen LogP contribution in [-0.2, 0) is 19.1 Å². The fourth-order valence-electron chi connectivity index (χ4n) is 2.78. The molecule has 3 heterocycles. The average Bonchev–Trinajstić information content (AvgIpc) is 2.84. The number of carboxylic acid groups (broad SMARTS) is 1. The number of aliphatic carboxylic acids is 1. The maximum absolute atomic E-state index is 12.5. The lowest BCUT2D eigenvalue weighted by molar-refractivity contribution is -0.151. The normalized spacial score (nSPS) is 22.9. The van der Waals surface area contributed by atoms with Gasteiger partial charge in [-0.25, -0.2) is 4.79 Å². The van der Waals surface area contributed by atoms with Crippen LogP contribution in [-0.4, -0.2) is 60.4 Å². The first-order valence-corrected chi connectivity index (χ1v) is 8.00. The monoisotopic (exact) mass is 354 g/mol. The smallest absolute Gasteiger partial charge is 0.352 e. The Morgan fingerprint density at radius 2 is 1.96 bits per heavy atom. The predicted molar refractivity (Wildman–Crippen MR) is 81.2 cm³/mol. The van der Waals surface area contributed by atoms with E-state index in [1.54, 1.807) is 0 Å². The highest BCUT2D eigenvalue weighted by Crippen LogP contribution is 2.48. The van der Waals surface area contributed by atoms with Crippen molar-refractivity contribution in [2.24, 2.45) is 0 Å². The zero-order chi connectivity index (χ0) is 17.6. The molecule has 3 N–H and O–H groups in total. The van der Waals surface area contributed by atoms with E-state index in [4.69, 9.17) is 4.74 Å². The van der Waals surface area contributed by atoms with Crippen molar-refractivity contribution in [3.8, 4) is 11.8 Å². The number of ether oxygens (including phenoxy) is 1. The lowest BCUT2D eigenvalue weighted by Crippen LogP contribution is -2.61. The molecule has 0 spiro atoms. The number of aromatic hydroxyl groups is 2. The minimum atomic E-state index is -1.30. The van der Waals surface area contributed by atoms with Gasteiger partial charge in [-0.3, -0.25) is 19.1 Å². The minimum Gasteiger partial charge on any atom is -0.494 e. The molecule has 24 heavy (non-hydrogen) atoms. The predicted octanol–water partition coefficient (Wildman–Crippen LogP) is 0.257. The summed E-state index contributed by atoms with van der Waals surface area (Å²) < 4.78 is 5.91. The Kier molecular flexibility index (Phi) is 3.91. The summed E-state index contributed by atoms with van der Waals surface area (Å²) in [5.74, 6) is -2.71. The zero-order valence-corrected chi connectivity index (χ0v) is 13.3. The van der Waals surface area contributed by atoms with E-state index in [2.05, 4.69) is 0 Å². The molecule has 9 nitrogen and oxygen atoms in total. The number of rotatable bonds is 4. The third-order valence-corrected chi connectivity index (χ3v) is 5.15. The molecule has 1 fully saturated rings. The molecule has 0 radical (unpaired) electrons. The van der Waals surface area contributed by atoms with E-state index in [1.807, 2.05) is 0 Å². The fourth-order valence-corrected chi connectivity index (χ4v) is 4.15. The second-order valence-electron chi connectivity index (χ2n) is 5.31. The van der Waals surface area contributed by atoms with Gasteiger partial charge in [0.1, 0.15) is 23.7 Å². The van der Waals surface area contributed by atoms with Crippen molar-refractivity contribution < 1.29 is 34.4 Å². The molecule has 10 heteroatoms. The first-order chi connectivity index (χ1) is 11.3. The lowest BCUT2D eigenvalue weighted by atomic mass is 10.0. The molecule has 0 aromatic carbocycles. The van der Waals surface area contributed by atoms with Gasteiger partial charge < -0.3 is 20.1 Å². The molecule has 2 aliphatic heterocycles. The quantitative estimate of drug-likeness (QED) is 0.518. The summed E-state index contributed by atoms with van der Waals surface area (Å²) in [7, 11) is 0. The molecule has 1 aromatic rings. The van der Waals surface area contributed by atoms with Gasteiger partial charge in [0, 0.05) is 30.4 Å². The molecule has 0 unspecified atom stereocenters. The number of carbonyl (C=O) groups excluding carboxylic acids is 2. The van der Waals surface area contributed by atoms with Gasteiger partial charge in [-0.05, 0) is 0 Å². The molecule has 3 rings (SSSR count). The Hall–Kier alpha value is -2.62. The summed E-state index contributed by atoms with van der Waals surface area (Å²) in [6, 6.07) is 1.60. The third-order valence-electron chi connectivity index (χ3n) is 3.82.